The standard InChI is InChI=1S/C30H35N3O4/c1-2-3-19-31-33-29(35)30(22-23-11-6-4-7-12-23)27(24-13-8-5-9-14-24)37-28(32-30)25-15-17-26(18-16-25)36-21-10-20-34/h4-9,11-18,27,31,34H,2-3,10,19-22H2,1H3,(H,33,35)/t27-,30-/m0/s1. The van der Waals surface area contributed by atoms with E-state index in [1.54, 1.807) is 0 Å². The Balaban J connectivity index is 1.70. The first-order valence-corrected chi connectivity index (χ1v) is 12.9. The number of carbonyl (C=O) groups is 1. The average molecular weight is 502 g/mol. The van der Waals surface area contributed by atoms with Crippen molar-refractivity contribution in [3.63, 3.8) is 0 Å². The highest BCUT2D eigenvalue weighted by atomic mass is 16.5. The number of nitrogens with one attached hydrogen (secondary N) is 2. The summed E-state index contributed by atoms with van der Waals surface area (Å²) in [5.41, 5.74) is 7.41. The smallest absolute Gasteiger partial charge is 0.266 e. The fraction of sp³-hybridized carbons (Fsp3) is 0.333. The lowest BCUT2D eigenvalue weighted by atomic mass is 9.82. The van der Waals surface area contributed by atoms with Gasteiger partial charge >= 0.3 is 0 Å². The van der Waals surface area contributed by atoms with E-state index in [2.05, 4.69) is 17.8 Å². The van der Waals surface area contributed by atoms with Crippen LogP contribution in [-0.4, -0.2) is 42.2 Å². The number of amides is 1. The van der Waals surface area contributed by atoms with Gasteiger partial charge < -0.3 is 14.6 Å². The Morgan fingerprint density at radius 3 is 2.38 bits per heavy atom. The largest absolute Gasteiger partial charge is 0.494 e. The molecule has 3 aromatic rings. The number of hydrazine groups is 1. The zero-order valence-electron chi connectivity index (χ0n) is 21.2. The minimum Gasteiger partial charge on any atom is -0.494 e. The van der Waals surface area contributed by atoms with Gasteiger partial charge in [0, 0.05) is 31.6 Å². The highest BCUT2D eigenvalue weighted by Gasteiger charge is 2.53. The van der Waals surface area contributed by atoms with E-state index in [4.69, 9.17) is 19.6 Å². The summed E-state index contributed by atoms with van der Waals surface area (Å²) in [6.45, 7) is 3.31. The summed E-state index contributed by atoms with van der Waals surface area (Å²) in [4.78, 5) is 18.9. The molecular weight excluding hydrogens is 466 g/mol. The van der Waals surface area contributed by atoms with Crippen LogP contribution in [-0.2, 0) is 16.0 Å². The number of benzene rings is 3. The molecule has 0 spiro atoms. The average Bonchev–Trinajstić information content (AvgIpc) is 3.33. The van der Waals surface area contributed by atoms with Crippen molar-refractivity contribution in [2.24, 2.45) is 4.99 Å². The highest BCUT2D eigenvalue weighted by molar-refractivity contribution is 6.01. The van der Waals surface area contributed by atoms with Crippen LogP contribution in [0, 0.1) is 0 Å². The first-order chi connectivity index (χ1) is 18.2. The van der Waals surface area contributed by atoms with Crippen molar-refractivity contribution < 1.29 is 19.4 Å². The molecule has 7 heteroatoms. The number of aliphatic imine (C=N–C) groups is 1. The number of hydrogen-bond acceptors (Lipinski definition) is 6. The normalized spacial score (nSPS) is 18.6. The number of hydrogen-bond donors (Lipinski definition) is 3. The van der Waals surface area contributed by atoms with Crippen molar-refractivity contribution in [1.82, 2.24) is 10.9 Å². The molecule has 37 heavy (non-hydrogen) atoms. The van der Waals surface area contributed by atoms with Crippen LogP contribution in [0.1, 0.15) is 49.0 Å². The molecular formula is C30H35N3O4. The summed E-state index contributed by atoms with van der Waals surface area (Å²) in [6.07, 6.45) is 2.30. The third-order valence-corrected chi connectivity index (χ3v) is 6.31. The molecule has 0 fully saturated rings. The molecule has 0 aromatic heterocycles. The highest BCUT2D eigenvalue weighted by Crippen LogP contribution is 2.42. The van der Waals surface area contributed by atoms with Crippen molar-refractivity contribution in [3.05, 3.63) is 102 Å². The Morgan fingerprint density at radius 2 is 1.70 bits per heavy atom. The van der Waals surface area contributed by atoms with Crippen LogP contribution in [0.5, 0.6) is 5.75 Å². The maximum atomic E-state index is 13.9. The predicted octanol–water partition coefficient (Wildman–Crippen LogP) is 4.37. The molecule has 1 aliphatic rings. The fourth-order valence-corrected chi connectivity index (χ4v) is 4.33. The van der Waals surface area contributed by atoms with Gasteiger partial charge in [0.15, 0.2) is 11.6 Å². The van der Waals surface area contributed by atoms with Crippen molar-refractivity contribution in [1.29, 1.82) is 0 Å². The molecule has 3 N–H and O–H groups in total. The second-order valence-corrected chi connectivity index (χ2v) is 9.10. The molecule has 1 aliphatic heterocycles. The van der Waals surface area contributed by atoms with Crippen molar-refractivity contribution in [3.8, 4) is 5.75 Å². The van der Waals surface area contributed by atoms with E-state index in [-0.39, 0.29) is 12.5 Å². The molecule has 0 aliphatic carbocycles. The van der Waals surface area contributed by atoms with Crippen LogP contribution in [0.2, 0.25) is 0 Å². The van der Waals surface area contributed by atoms with Gasteiger partial charge in [-0.1, -0.05) is 74.0 Å². The lowest BCUT2D eigenvalue weighted by Gasteiger charge is -2.30. The van der Waals surface area contributed by atoms with Gasteiger partial charge in [0.1, 0.15) is 5.75 Å². The topological polar surface area (TPSA) is 92.2 Å². The van der Waals surface area contributed by atoms with E-state index < -0.39 is 11.6 Å². The van der Waals surface area contributed by atoms with E-state index in [0.29, 0.717) is 37.6 Å². The molecule has 0 saturated carbocycles. The summed E-state index contributed by atoms with van der Waals surface area (Å²) in [5.74, 6) is 0.875. The van der Waals surface area contributed by atoms with Crippen LogP contribution in [0.15, 0.2) is 89.9 Å². The number of aliphatic hydroxyl groups is 1. The van der Waals surface area contributed by atoms with Crippen LogP contribution >= 0.6 is 0 Å². The van der Waals surface area contributed by atoms with Crippen LogP contribution < -0.4 is 15.6 Å². The second-order valence-electron chi connectivity index (χ2n) is 9.10. The summed E-state index contributed by atoms with van der Waals surface area (Å²) in [6, 6.07) is 27.1. The van der Waals surface area contributed by atoms with Crippen LogP contribution in [0.4, 0.5) is 0 Å². The zero-order valence-corrected chi connectivity index (χ0v) is 21.2. The van der Waals surface area contributed by atoms with Gasteiger partial charge in [-0.2, -0.15) is 0 Å². The molecule has 0 unspecified atom stereocenters. The molecule has 0 bridgehead atoms. The second kappa shape index (κ2) is 13.0. The number of aliphatic hydroxyl groups excluding tert-OH is 1. The van der Waals surface area contributed by atoms with Gasteiger partial charge in [-0.3, -0.25) is 10.2 Å². The van der Waals surface area contributed by atoms with Crippen molar-refractivity contribution in [2.75, 3.05) is 19.8 Å². The van der Waals surface area contributed by atoms with Crippen LogP contribution in [0.3, 0.4) is 0 Å². The van der Waals surface area contributed by atoms with Crippen molar-refractivity contribution >= 4 is 11.8 Å². The zero-order chi connectivity index (χ0) is 25.9. The maximum absolute atomic E-state index is 13.9. The monoisotopic (exact) mass is 501 g/mol. The first-order valence-electron chi connectivity index (χ1n) is 12.9. The van der Waals surface area contributed by atoms with E-state index in [0.717, 1.165) is 29.5 Å². The molecule has 1 amide bonds. The third-order valence-electron chi connectivity index (χ3n) is 6.31. The number of carbonyl (C=O) groups excluding carboxylic acids is 1. The van der Waals surface area contributed by atoms with Gasteiger partial charge in [-0.15, -0.1) is 0 Å². The van der Waals surface area contributed by atoms with Gasteiger partial charge in [0.25, 0.3) is 5.91 Å². The first kappa shape index (κ1) is 26.4. The van der Waals surface area contributed by atoms with Gasteiger partial charge in [0.05, 0.1) is 6.61 Å². The summed E-state index contributed by atoms with van der Waals surface area (Å²) in [7, 11) is 0. The van der Waals surface area contributed by atoms with E-state index >= 15 is 0 Å². The summed E-state index contributed by atoms with van der Waals surface area (Å²) >= 11 is 0. The van der Waals surface area contributed by atoms with E-state index in [1.807, 2.05) is 84.9 Å². The van der Waals surface area contributed by atoms with Gasteiger partial charge in [-0.25, -0.2) is 10.4 Å². The molecule has 194 valence electrons. The Labute approximate surface area is 218 Å². The van der Waals surface area contributed by atoms with Gasteiger partial charge in [0.2, 0.25) is 5.90 Å². The summed E-state index contributed by atoms with van der Waals surface area (Å²) in [5, 5.41) is 8.98. The van der Waals surface area contributed by atoms with Crippen LogP contribution in [0.25, 0.3) is 0 Å². The fourth-order valence-electron chi connectivity index (χ4n) is 4.33. The lowest BCUT2D eigenvalue weighted by Crippen LogP contribution is -2.54. The van der Waals surface area contributed by atoms with Crippen molar-refractivity contribution in [2.45, 2.75) is 44.2 Å². The Kier molecular flexibility index (Phi) is 9.29. The molecule has 1 heterocycles. The van der Waals surface area contributed by atoms with E-state index in [9.17, 15) is 4.79 Å². The predicted molar refractivity (Wildman–Crippen MR) is 144 cm³/mol. The minimum atomic E-state index is -1.21. The molecule has 0 saturated heterocycles. The molecule has 7 nitrogen and oxygen atoms in total. The molecule has 4 rings (SSSR count). The molecule has 0 radical (unpaired) electrons. The Morgan fingerprint density at radius 1 is 1.00 bits per heavy atom. The van der Waals surface area contributed by atoms with E-state index in [1.165, 1.54) is 0 Å². The quantitative estimate of drug-likeness (QED) is 0.239. The molecule has 2 atom stereocenters. The molecule has 3 aromatic carbocycles. The minimum absolute atomic E-state index is 0.0858. The third kappa shape index (κ3) is 6.56. The number of nitrogens with zero attached hydrogens (tertiary/aromatic N) is 1. The van der Waals surface area contributed by atoms with Gasteiger partial charge in [-0.05, 0) is 41.8 Å². The maximum Gasteiger partial charge on any atom is 0.266 e. The summed E-state index contributed by atoms with van der Waals surface area (Å²) < 4.78 is 12.2. The number of ether oxygens (including phenoxy) is 2. The SMILES string of the molecule is CCCCNNC(=O)[C@@]1(Cc2ccccc2)N=C(c2ccc(OCCCO)cc2)O[C@H]1c1ccccc1. The number of unbranched alkanes of at least 4 members (excludes halogenated alkanes) is 1. The lowest BCUT2D eigenvalue weighted by molar-refractivity contribution is -0.130. The number of rotatable bonds is 13. The Hall–Kier alpha value is -3.68. The Bertz CT molecular complexity index is 1150.